The lowest BCUT2D eigenvalue weighted by Gasteiger charge is -2.19. The Morgan fingerprint density at radius 3 is 2.00 bits per heavy atom. The summed E-state index contributed by atoms with van der Waals surface area (Å²) in [5, 5.41) is 0. The number of aryl methyl sites for hydroxylation is 2. The molecule has 0 amide bonds. The van der Waals surface area contributed by atoms with Gasteiger partial charge in [-0.3, -0.25) is 4.98 Å². The molecule has 0 aliphatic rings. The number of nitrogens with zero attached hydrogens (tertiary/aromatic N) is 1. The lowest BCUT2D eigenvalue weighted by molar-refractivity contribution is 0.966. The molecule has 0 bridgehead atoms. The lowest BCUT2D eigenvalue weighted by Crippen LogP contribution is -2.03. The predicted molar refractivity (Wildman–Crippen MR) is 87.5 cm³/mol. The number of hydrogen-bond donors (Lipinski definition) is 0. The summed E-state index contributed by atoms with van der Waals surface area (Å²) >= 11 is 0. The van der Waals surface area contributed by atoms with Gasteiger partial charge in [0.1, 0.15) is 0 Å². The Balaban J connectivity index is 2.13. The monoisotopic (exact) mass is 273 g/mol. The molecule has 1 aromatic heterocycles. The van der Waals surface area contributed by atoms with Crippen molar-refractivity contribution in [3.05, 3.63) is 101 Å². The standard InChI is InChI=1S/C20H19N/c1-15-6-8-17(9-7-15)20(18-10-12-21-13-11-18)19-5-3-4-16(2)14-19/h3-14,20H,1-2H3. The minimum absolute atomic E-state index is 0.258. The first-order valence-electron chi connectivity index (χ1n) is 7.27. The topological polar surface area (TPSA) is 12.9 Å². The average Bonchev–Trinajstić information content (AvgIpc) is 2.51. The number of pyridine rings is 1. The molecule has 3 rings (SSSR count). The van der Waals surface area contributed by atoms with E-state index in [0.29, 0.717) is 0 Å². The van der Waals surface area contributed by atoms with Crippen molar-refractivity contribution >= 4 is 0 Å². The number of aromatic nitrogens is 1. The van der Waals surface area contributed by atoms with Crippen molar-refractivity contribution in [1.82, 2.24) is 4.98 Å². The van der Waals surface area contributed by atoms with Gasteiger partial charge >= 0.3 is 0 Å². The predicted octanol–water partition coefficient (Wildman–Crippen LogP) is 4.88. The lowest BCUT2D eigenvalue weighted by atomic mass is 9.85. The zero-order valence-corrected chi connectivity index (χ0v) is 12.5. The van der Waals surface area contributed by atoms with Gasteiger partial charge in [0.25, 0.3) is 0 Å². The summed E-state index contributed by atoms with van der Waals surface area (Å²) in [7, 11) is 0. The van der Waals surface area contributed by atoms with E-state index >= 15 is 0 Å². The summed E-state index contributed by atoms with van der Waals surface area (Å²) in [6.07, 6.45) is 3.73. The molecule has 21 heavy (non-hydrogen) atoms. The Kier molecular flexibility index (Phi) is 3.83. The molecular formula is C20H19N. The Labute approximate surface area is 126 Å². The first-order chi connectivity index (χ1) is 10.2. The molecule has 104 valence electrons. The maximum atomic E-state index is 4.15. The van der Waals surface area contributed by atoms with Gasteiger partial charge in [-0.25, -0.2) is 0 Å². The summed E-state index contributed by atoms with van der Waals surface area (Å²) in [4.78, 5) is 4.15. The fourth-order valence-corrected chi connectivity index (χ4v) is 2.74. The molecule has 0 aliphatic carbocycles. The van der Waals surface area contributed by atoms with E-state index in [2.05, 4.69) is 79.5 Å². The van der Waals surface area contributed by atoms with Gasteiger partial charge in [-0.15, -0.1) is 0 Å². The molecule has 1 nitrogen and oxygen atoms in total. The maximum Gasteiger partial charge on any atom is 0.0341 e. The van der Waals surface area contributed by atoms with Crippen LogP contribution in [0, 0.1) is 13.8 Å². The van der Waals surface area contributed by atoms with Gasteiger partial charge in [0, 0.05) is 18.3 Å². The van der Waals surface area contributed by atoms with Crippen LogP contribution in [-0.2, 0) is 0 Å². The summed E-state index contributed by atoms with van der Waals surface area (Å²) in [5.41, 5.74) is 6.50. The van der Waals surface area contributed by atoms with Crippen molar-refractivity contribution in [1.29, 1.82) is 0 Å². The fraction of sp³-hybridized carbons (Fsp3) is 0.150. The highest BCUT2D eigenvalue weighted by Crippen LogP contribution is 2.32. The van der Waals surface area contributed by atoms with Crippen molar-refractivity contribution in [2.75, 3.05) is 0 Å². The third-order valence-corrected chi connectivity index (χ3v) is 3.83. The van der Waals surface area contributed by atoms with Gasteiger partial charge in [0.15, 0.2) is 0 Å². The number of benzene rings is 2. The van der Waals surface area contributed by atoms with Crippen LogP contribution in [0.1, 0.15) is 33.7 Å². The molecule has 1 atom stereocenters. The number of hydrogen-bond acceptors (Lipinski definition) is 1. The van der Waals surface area contributed by atoms with Crippen molar-refractivity contribution in [3.8, 4) is 0 Å². The third kappa shape index (κ3) is 3.03. The smallest absolute Gasteiger partial charge is 0.0341 e. The van der Waals surface area contributed by atoms with Gasteiger partial charge in [-0.1, -0.05) is 59.7 Å². The number of rotatable bonds is 3. The zero-order chi connectivity index (χ0) is 14.7. The normalized spacial score (nSPS) is 12.1. The van der Waals surface area contributed by atoms with E-state index in [0.717, 1.165) is 0 Å². The van der Waals surface area contributed by atoms with E-state index in [1.807, 2.05) is 12.4 Å². The molecule has 1 heteroatoms. The summed E-state index contributed by atoms with van der Waals surface area (Å²) in [5.74, 6) is 0.258. The molecule has 0 radical (unpaired) electrons. The molecule has 3 aromatic rings. The molecular weight excluding hydrogens is 254 g/mol. The van der Waals surface area contributed by atoms with E-state index < -0.39 is 0 Å². The highest BCUT2D eigenvalue weighted by molar-refractivity contribution is 5.43. The van der Waals surface area contributed by atoms with E-state index in [9.17, 15) is 0 Å². The van der Waals surface area contributed by atoms with Crippen molar-refractivity contribution in [2.45, 2.75) is 19.8 Å². The largest absolute Gasteiger partial charge is 0.265 e. The molecule has 0 N–H and O–H groups in total. The van der Waals surface area contributed by atoms with Crippen LogP contribution >= 0.6 is 0 Å². The second-order valence-corrected chi connectivity index (χ2v) is 5.54. The molecule has 1 heterocycles. The minimum Gasteiger partial charge on any atom is -0.265 e. The quantitative estimate of drug-likeness (QED) is 0.663. The Hall–Kier alpha value is -2.41. The first-order valence-corrected chi connectivity index (χ1v) is 7.27. The van der Waals surface area contributed by atoms with Crippen LogP contribution in [0.25, 0.3) is 0 Å². The minimum atomic E-state index is 0.258. The molecule has 2 aromatic carbocycles. The van der Waals surface area contributed by atoms with Gasteiger partial charge in [-0.2, -0.15) is 0 Å². The van der Waals surface area contributed by atoms with E-state index in [4.69, 9.17) is 0 Å². The van der Waals surface area contributed by atoms with Crippen molar-refractivity contribution in [3.63, 3.8) is 0 Å². The van der Waals surface area contributed by atoms with E-state index in [1.165, 1.54) is 27.8 Å². The highest BCUT2D eigenvalue weighted by Gasteiger charge is 2.16. The van der Waals surface area contributed by atoms with Crippen LogP contribution in [0.2, 0.25) is 0 Å². The van der Waals surface area contributed by atoms with Gasteiger partial charge in [0.2, 0.25) is 0 Å². The molecule has 0 aliphatic heterocycles. The molecule has 1 unspecified atom stereocenters. The Bertz CT molecular complexity index is 714. The van der Waals surface area contributed by atoms with Gasteiger partial charge < -0.3 is 0 Å². The van der Waals surface area contributed by atoms with Gasteiger partial charge in [-0.05, 0) is 42.7 Å². The van der Waals surface area contributed by atoms with E-state index in [-0.39, 0.29) is 5.92 Å². The molecule has 0 saturated heterocycles. The first kappa shape index (κ1) is 13.6. The van der Waals surface area contributed by atoms with Crippen LogP contribution in [0.3, 0.4) is 0 Å². The Morgan fingerprint density at radius 1 is 0.667 bits per heavy atom. The van der Waals surface area contributed by atoms with Crippen molar-refractivity contribution in [2.24, 2.45) is 0 Å². The Morgan fingerprint density at radius 2 is 1.33 bits per heavy atom. The third-order valence-electron chi connectivity index (χ3n) is 3.83. The molecule has 0 spiro atoms. The average molecular weight is 273 g/mol. The second kappa shape index (κ2) is 5.92. The van der Waals surface area contributed by atoms with Crippen LogP contribution in [-0.4, -0.2) is 4.98 Å². The van der Waals surface area contributed by atoms with Crippen LogP contribution < -0.4 is 0 Å². The van der Waals surface area contributed by atoms with E-state index in [1.54, 1.807) is 0 Å². The summed E-state index contributed by atoms with van der Waals surface area (Å²) < 4.78 is 0. The van der Waals surface area contributed by atoms with Crippen molar-refractivity contribution < 1.29 is 0 Å². The van der Waals surface area contributed by atoms with Crippen LogP contribution in [0.4, 0.5) is 0 Å². The van der Waals surface area contributed by atoms with Crippen LogP contribution in [0.5, 0.6) is 0 Å². The maximum absolute atomic E-state index is 4.15. The van der Waals surface area contributed by atoms with Crippen LogP contribution in [0.15, 0.2) is 73.1 Å². The highest BCUT2D eigenvalue weighted by atomic mass is 14.6. The molecule has 0 saturated carbocycles. The summed E-state index contributed by atoms with van der Waals surface area (Å²) in [6, 6.07) is 21.8. The van der Waals surface area contributed by atoms with Gasteiger partial charge in [0.05, 0.1) is 0 Å². The summed E-state index contributed by atoms with van der Waals surface area (Å²) in [6.45, 7) is 4.26. The SMILES string of the molecule is Cc1ccc(C(c2ccncc2)c2cccc(C)c2)cc1. The fourth-order valence-electron chi connectivity index (χ4n) is 2.74. The zero-order valence-electron chi connectivity index (χ0n) is 12.5. The second-order valence-electron chi connectivity index (χ2n) is 5.54. The molecule has 0 fully saturated rings.